The number of hydrogen-bond donors (Lipinski definition) is 1. The van der Waals surface area contributed by atoms with Crippen molar-refractivity contribution in [1.82, 2.24) is 14.5 Å². The minimum atomic E-state index is -0.714. The molecule has 0 spiro atoms. The van der Waals surface area contributed by atoms with E-state index in [9.17, 15) is 13.6 Å². The Morgan fingerprint density at radius 1 is 1.26 bits per heavy atom. The van der Waals surface area contributed by atoms with Crippen molar-refractivity contribution >= 4 is 5.91 Å². The summed E-state index contributed by atoms with van der Waals surface area (Å²) in [6.45, 7) is 0.939. The lowest BCUT2D eigenvalue weighted by molar-refractivity contribution is 0.0785. The monoisotopic (exact) mass is 423 g/mol. The number of aromatic nitrogens is 2. The lowest BCUT2D eigenvalue weighted by Gasteiger charge is -2.13. The van der Waals surface area contributed by atoms with Crippen LogP contribution < -0.4 is 10.5 Å². The number of likely N-dealkylation sites (tertiary alicyclic amines) is 1. The van der Waals surface area contributed by atoms with Crippen molar-refractivity contribution in [3.05, 3.63) is 65.5 Å². The lowest BCUT2D eigenvalue weighted by atomic mass is 10.1. The molecule has 0 unspecified atom stereocenters. The first kappa shape index (κ1) is 20.5. The molecule has 2 aromatic carbocycles. The third kappa shape index (κ3) is 3.85. The Kier molecular flexibility index (Phi) is 5.40. The molecule has 1 aliphatic heterocycles. The van der Waals surface area contributed by atoms with Crippen molar-refractivity contribution in [3.8, 4) is 28.9 Å². The van der Waals surface area contributed by atoms with E-state index in [1.807, 2.05) is 0 Å². The summed E-state index contributed by atoms with van der Waals surface area (Å²) >= 11 is 0. The molecule has 1 amide bonds. The summed E-state index contributed by atoms with van der Waals surface area (Å²) in [6, 6.07) is 10.00. The molecule has 31 heavy (non-hydrogen) atoms. The molecule has 0 bridgehead atoms. The van der Waals surface area contributed by atoms with Gasteiger partial charge in [0.05, 0.1) is 18.4 Å². The number of halogens is 2. The SMILES string of the molecule is COc1ccc(-n2cc(C(=O)N3CC[C@H](N)C3)nc2-c2ccc(C#N)c(F)c2)cc1F. The van der Waals surface area contributed by atoms with Crippen LogP contribution in [0.1, 0.15) is 22.5 Å². The molecule has 1 saturated heterocycles. The molecule has 158 valence electrons. The first-order valence-electron chi connectivity index (χ1n) is 9.59. The maximum absolute atomic E-state index is 14.3. The van der Waals surface area contributed by atoms with Crippen molar-refractivity contribution in [3.63, 3.8) is 0 Å². The standard InChI is InChI=1S/C22H19F2N5O2/c1-31-20-5-4-16(9-18(20)24)29-12-19(22(30)28-7-6-15(26)11-28)27-21(29)13-2-3-14(10-25)17(23)8-13/h2-5,8-9,12,15H,6-7,11,26H2,1H3/t15-/m0/s1. The number of nitrogens with two attached hydrogens (primary N) is 1. The van der Waals surface area contributed by atoms with Crippen LogP contribution in [0.25, 0.3) is 17.1 Å². The number of methoxy groups -OCH3 is 1. The Morgan fingerprint density at radius 2 is 2.06 bits per heavy atom. The van der Waals surface area contributed by atoms with Gasteiger partial charge in [-0.2, -0.15) is 5.26 Å². The largest absolute Gasteiger partial charge is 0.494 e. The van der Waals surface area contributed by atoms with E-state index in [-0.39, 0.29) is 34.8 Å². The highest BCUT2D eigenvalue weighted by molar-refractivity contribution is 5.93. The van der Waals surface area contributed by atoms with Gasteiger partial charge in [-0.15, -0.1) is 0 Å². The second kappa shape index (κ2) is 8.16. The molecule has 1 fully saturated rings. The van der Waals surface area contributed by atoms with E-state index < -0.39 is 11.6 Å². The maximum atomic E-state index is 14.3. The van der Waals surface area contributed by atoms with Crippen LogP contribution >= 0.6 is 0 Å². The van der Waals surface area contributed by atoms with E-state index in [1.165, 1.54) is 42.1 Å². The number of amides is 1. The first-order chi connectivity index (χ1) is 14.9. The number of nitrogens with zero attached hydrogens (tertiary/aromatic N) is 4. The van der Waals surface area contributed by atoms with Crippen molar-refractivity contribution in [1.29, 1.82) is 5.26 Å². The molecule has 1 aliphatic rings. The Labute approximate surface area is 177 Å². The van der Waals surface area contributed by atoms with E-state index in [2.05, 4.69) is 4.98 Å². The van der Waals surface area contributed by atoms with Crippen LogP contribution in [0.4, 0.5) is 8.78 Å². The number of carbonyl (C=O) groups excluding carboxylic acids is 1. The summed E-state index contributed by atoms with van der Waals surface area (Å²) in [5.74, 6) is -1.31. The van der Waals surface area contributed by atoms with E-state index in [4.69, 9.17) is 15.7 Å². The Balaban J connectivity index is 1.83. The van der Waals surface area contributed by atoms with Gasteiger partial charge in [0.15, 0.2) is 11.6 Å². The van der Waals surface area contributed by atoms with Crippen LogP contribution in [0.15, 0.2) is 42.6 Å². The topological polar surface area (TPSA) is 97.2 Å². The van der Waals surface area contributed by atoms with E-state index in [1.54, 1.807) is 17.0 Å². The van der Waals surface area contributed by atoms with E-state index in [0.29, 0.717) is 30.8 Å². The summed E-state index contributed by atoms with van der Waals surface area (Å²) in [6.07, 6.45) is 2.18. The minimum absolute atomic E-state index is 0.0668. The van der Waals surface area contributed by atoms with Gasteiger partial charge in [0.1, 0.15) is 23.4 Å². The zero-order valence-electron chi connectivity index (χ0n) is 16.7. The van der Waals surface area contributed by atoms with Crippen molar-refractivity contribution in [2.75, 3.05) is 20.2 Å². The van der Waals surface area contributed by atoms with Gasteiger partial charge in [-0.1, -0.05) is 0 Å². The molecule has 3 aromatic rings. The highest BCUT2D eigenvalue weighted by atomic mass is 19.1. The van der Waals surface area contributed by atoms with Gasteiger partial charge in [0.25, 0.3) is 5.91 Å². The molecule has 4 rings (SSSR count). The number of rotatable bonds is 4. The average Bonchev–Trinajstić information content (AvgIpc) is 3.40. The molecule has 9 heteroatoms. The summed E-state index contributed by atoms with van der Waals surface area (Å²) in [7, 11) is 1.36. The molecular formula is C22H19F2N5O2. The smallest absolute Gasteiger partial charge is 0.274 e. The molecule has 0 aliphatic carbocycles. The first-order valence-corrected chi connectivity index (χ1v) is 9.59. The van der Waals surface area contributed by atoms with Gasteiger partial charge in [0, 0.05) is 37.0 Å². The molecule has 0 saturated carbocycles. The van der Waals surface area contributed by atoms with Crippen LogP contribution in [0, 0.1) is 23.0 Å². The summed E-state index contributed by atoms with van der Waals surface area (Å²) in [4.78, 5) is 19.0. The van der Waals surface area contributed by atoms with Crippen LogP contribution in [-0.4, -0.2) is 46.6 Å². The van der Waals surface area contributed by atoms with E-state index >= 15 is 0 Å². The maximum Gasteiger partial charge on any atom is 0.274 e. The molecular weight excluding hydrogens is 404 g/mol. The lowest BCUT2D eigenvalue weighted by Crippen LogP contribution is -2.32. The molecule has 2 N–H and O–H groups in total. The fraction of sp³-hybridized carbons (Fsp3) is 0.227. The third-order valence-electron chi connectivity index (χ3n) is 5.20. The number of imidazole rings is 1. The van der Waals surface area contributed by atoms with Gasteiger partial charge < -0.3 is 15.4 Å². The number of benzene rings is 2. The third-order valence-corrected chi connectivity index (χ3v) is 5.20. The fourth-order valence-corrected chi connectivity index (χ4v) is 3.57. The normalized spacial score (nSPS) is 15.7. The number of ether oxygens (including phenoxy) is 1. The fourth-order valence-electron chi connectivity index (χ4n) is 3.57. The number of hydrogen-bond acceptors (Lipinski definition) is 5. The van der Waals surface area contributed by atoms with Gasteiger partial charge in [-0.3, -0.25) is 9.36 Å². The van der Waals surface area contributed by atoms with Gasteiger partial charge in [-0.25, -0.2) is 13.8 Å². The summed E-state index contributed by atoms with van der Waals surface area (Å²) < 4.78 is 35.1. The van der Waals surface area contributed by atoms with Gasteiger partial charge in [-0.05, 0) is 36.8 Å². The van der Waals surface area contributed by atoms with Crippen LogP contribution in [0.2, 0.25) is 0 Å². The predicted octanol–water partition coefficient (Wildman–Crippen LogP) is 2.87. The van der Waals surface area contributed by atoms with Gasteiger partial charge >= 0.3 is 0 Å². The second-order valence-corrected chi connectivity index (χ2v) is 7.24. The van der Waals surface area contributed by atoms with Crippen LogP contribution in [-0.2, 0) is 0 Å². The quantitative estimate of drug-likeness (QED) is 0.696. The summed E-state index contributed by atoms with van der Waals surface area (Å²) in [5.41, 5.74) is 6.64. The zero-order chi connectivity index (χ0) is 22.1. The summed E-state index contributed by atoms with van der Waals surface area (Å²) in [5, 5.41) is 8.99. The predicted molar refractivity (Wildman–Crippen MR) is 109 cm³/mol. The molecule has 1 aromatic heterocycles. The Bertz CT molecular complexity index is 1200. The van der Waals surface area contributed by atoms with Crippen molar-refractivity contribution in [2.24, 2.45) is 5.73 Å². The van der Waals surface area contributed by atoms with Crippen LogP contribution in [0.3, 0.4) is 0 Å². The van der Waals surface area contributed by atoms with Crippen molar-refractivity contribution < 1.29 is 18.3 Å². The highest BCUT2D eigenvalue weighted by Crippen LogP contribution is 2.28. The molecule has 2 heterocycles. The zero-order valence-corrected chi connectivity index (χ0v) is 16.7. The Morgan fingerprint density at radius 3 is 2.68 bits per heavy atom. The number of carbonyl (C=O) groups is 1. The average molecular weight is 423 g/mol. The highest BCUT2D eigenvalue weighted by Gasteiger charge is 2.27. The second-order valence-electron chi connectivity index (χ2n) is 7.24. The molecule has 7 nitrogen and oxygen atoms in total. The molecule has 0 radical (unpaired) electrons. The Hall–Kier alpha value is -3.77. The molecule has 1 atom stereocenters. The van der Waals surface area contributed by atoms with Crippen LogP contribution in [0.5, 0.6) is 5.75 Å². The minimum Gasteiger partial charge on any atom is -0.494 e. The van der Waals surface area contributed by atoms with Gasteiger partial charge in [0.2, 0.25) is 0 Å². The number of nitriles is 1. The van der Waals surface area contributed by atoms with Crippen molar-refractivity contribution in [2.45, 2.75) is 12.5 Å². The van der Waals surface area contributed by atoms with E-state index in [0.717, 1.165) is 6.07 Å².